The molecule has 2 aromatic carbocycles. The third kappa shape index (κ3) is 3.98. The molecule has 0 radical (unpaired) electrons. The smallest absolute Gasteiger partial charge is 0.270 e. The molecule has 1 saturated carbocycles. The Kier molecular flexibility index (Phi) is 4.85. The van der Waals surface area contributed by atoms with Crippen LogP contribution in [-0.2, 0) is 4.79 Å². The van der Waals surface area contributed by atoms with Crippen LogP contribution >= 0.6 is 0 Å². The van der Waals surface area contributed by atoms with Crippen LogP contribution < -0.4 is 10.6 Å². The normalized spacial score (nSPS) is 14.2. The van der Waals surface area contributed by atoms with Crippen molar-refractivity contribution in [3.05, 3.63) is 63.7 Å². The number of benzene rings is 2. The van der Waals surface area contributed by atoms with Crippen molar-refractivity contribution in [3.8, 4) is 6.07 Å². The molecule has 0 heterocycles. The van der Waals surface area contributed by atoms with E-state index in [1.54, 1.807) is 0 Å². The van der Waals surface area contributed by atoms with E-state index in [1.807, 2.05) is 37.3 Å². The van der Waals surface area contributed by atoms with E-state index in [0.29, 0.717) is 5.69 Å². The molecular weight excluding hydrogens is 332 g/mol. The molecule has 7 heteroatoms. The van der Waals surface area contributed by atoms with Gasteiger partial charge < -0.3 is 10.6 Å². The first kappa shape index (κ1) is 17.4. The van der Waals surface area contributed by atoms with Crippen LogP contribution in [0.1, 0.15) is 36.9 Å². The largest absolute Gasteiger partial charge is 0.377 e. The van der Waals surface area contributed by atoms with Crippen LogP contribution in [-0.4, -0.2) is 10.8 Å². The summed E-state index contributed by atoms with van der Waals surface area (Å²) in [6.45, 7) is 1.93. The molecule has 0 aromatic heterocycles. The molecule has 2 aromatic rings. The number of nitro benzene ring substituents is 1. The summed E-state index contributed by atoms with van der Waals surface area (Å²) in [6, 6.07) is 13.5. The summed E-state index contributed by atoms with van der Waals surface area (Å²) < 4.78 is 0. The average Bonchev–Trinajstić information content (AvgIpc) is 3.47. The zero-order chi connectivity index (χ0) is 18.7. The van der Waals surface area contributed by atoms with Crippen LogP contribution in [0.2, 0.25) is 0 Å². The number of amides is 1. The molecule has 1 atom stereocenters. The van der Waals surface area contributed by atoms with Gasteiger partial charge in [0.25, 0.3) is 5.69 Å². The zero-order valence-corrected chi connectivity index (χ0v) is 14.2. The summed E-state index contributed by atoms with van der Waals surface area (Å²) >= 11 is 0. The Hall–Kier alpha value is -3.40. The molecule has 0 spiro atoms. The summed E-state index contributed by atoms with van der Waals surface area (Å²) in [7, 11) is 0. The van der Waals surface area contributed by atoms with Gasteiger partial charge in [-0.1, -0.05) is 12.1 Å². The number of carbonyl (C=O) groups is 1. The van der Waals surface area contributed by atoms with Gasteiger partial charge in [-0.15, -0.1) is 0 Å². The van der Waals surface area contributed by atoms with Crippen molar-refractivity contribution in [2.24, 2.45) is 5.92 Å². The van der Waals surface area contributed by atoms with E-state index < -0.39 is 4.92 Å². The van der Waals surface area contributed by atoms with Gasteiger partial charge in [0.2, 0.25) is 5.91 Å². The lowest BCUT2D eigenvalue weighted by molar-refractivity contribution is -0.384. The number of nitriles is 1. The first-order chi connectivity index (χ1) is 12.5. The van der Waals surface area contributed by atoms with Crippen LogP contribution in [0.15, 0.2) is 42.5 Å². The molecule has 132 valence electrons. The zero-order valence-electron chi connectivity index (χ0n) is 14.2. The summed E-state index contributed by atoms with van der Waals surface area (Å²) in [5, 5.41) is 26.1. The first-order valence-corrected chi connectivity index (χ1v) is 8.34. The predicted octanol–water partition coefficient (Wildman–Crippen LogP) is 3.99. The average molecular weight is 350 g/mol. The lowest BCUT2D eigenvalue weighted by Gasteiger charge is -2.17. The minimum atomic E-state index is -0.525. The maximum atomic E-state index is 11.8. The molecule has 7 nitrogen and oxygen atoms in total. The minimum absolute atomic E-state index is 0.0634. The number of rotatable bonds is 6. The van der Waals surface area contributed by atoms with Crippen molar-refractivity contribution in [2.75, 3.05) is 10.6 Å². The van der Waals surface area contributed by atoms with Crippen molar-refractivity contribution < 1.29 is 9.72 Å². The van der Waals surface area contributed by atoms with Crippen LogP contribution in [0.3, 0.4) is 0 Å². The van der Waals surface area contributed by atoms with E-state index in [0.717, 1.165) is 24.1 Å². The minimum Gasteiger partial charge on any atom is -0.377 e. The fourth-order valence-electron chi connectivity index (χ4n) is 2.63. The molecule has 1 aliphatic rings. The predicted molar refractivity (Wildman–Crippen MR) is 97.6 cm³/mol. The third-order valence-corrected chi connectivity index (χ3v) is 4.33. The number of hydrogen-bond acceptors (Lipinski definition) is 5. The fraction of sp³-hybridized carbons (Fsp3) is 0.263. The molecule has 2 N–H and O–H groups in total. The van der Waals surface area contributed by atoms with E-state index >= 15 is 0 Å². The van der Waals surface area contributed by atoms with Gasteiger partial charge >= 0.3 is 0 Å². The second-order valence-electron chi connectivity index (χ2n) is 6.35. The highest BCUT2D eigenvalue weighted by Crippen LogP contribution is 2.30. The van der Waals surface area contributed by atoms with Crippen LogP contribution in [0, 0.1) is 27.4 Å². The van der Waals surface area contributed by atoms with Gasteiger partial charge in [-0.05, 0) is 43.5 Å². The topological polar surface area (TPSA) is 108 Å². The monoisotopic (exact) mass is 350 g/mol. The third-order valence-electron chi connectivity index (χ3n) is 4.33. The van der Waals surface area contributed by atoms with E-state index in [4.69, 9.17) is 0 Å². The Morgan fingerprint density at radius 1 is 1.27 bits per heavy atom. The molecule has 0 saturated heterocycles. The second-order valence-corrected chi connectivity index (χ2v) is 6.35. The van der Waals surface area contributed by atoms with Crippen molar-refractivity contribution >= 4 is 23.0 Å². The van der Waals surface area contributed by atoms with Crippen LogP contribution in [0.25, 0.3) is 0 Å². The van der Waals surface area contributed by atoms with Gasteiger partial charge in [0, 0.05) is 29.8 Å². The Morgan fingerprint density at radius 2 is 1.96 bits per heavy atom. The second kappa shape index (κ2) is 7.23. The Balaban J connectivity index is 1.69. The molecule has 1 aliphatic carbocycles. The number of nitrogens with one attached hydrogen (secondary N) is 2. The molecule has 1 fully saturated rings. The van der Waals surface area contributed by atoms with E-state index in [9.17, 15) is 20.2 Å². The Labute approximate surface area is 150 Å². The number of hydrogen-bond donors (Lipinski definition) is 2. The molecular formula is C19H18N4O3. The fourth-order valence-corrected chi connectivity index (χ4v) is 2.63. The molecule has 26 heavy (non-hydrogen) atoms. The van der Waals surface area contributed by atoms with Gasteiger partial charge in [0.05, 0.1) is 16.2 Å². The molecule has 3 rings (SSSR count). The SMILES string of the molecule is CC(Nc1ccc([N+](=O)[O-])cc1C#N)c1ccc(NC(=O)C2CC2)cc1. The highest BCUT2D eigenvalue weighted by atomic mass is 16.6. The van der Waals surface area contributed by atoms with E-state index in [2.05, 4.69) is 10.6 Å². The summed E-state index contributed by atoms with van der Waals surface area (Å²) in [6.07, 6.45) is 1.92. The highest BCUT2D eigenvalue weighted by molar-refractivity contribution is 5.94. The maximum absolute atomic E-state index is 11.8. The van der Waals surface area contributed by atoms with Crippen LogP contribution in [0.5, 0.6) is 0 Å². The summed E-state index contributed by atoms with van der Waals surface area (Å²) in [4.78, 5) is 22.1. The number of nitrogens with zero attached hydrogens (tertiary/aromatic N) is 2. The Bertz CT molecular complexity index is 883. The summed E-state index contributed by atoms with van der Waals surface area (Å²) in [5.41, 5.74) is 2.37. The standard InChI is InChI=1S/C19H18N4O3/c1-12(21-18-9-8-17(23(25)26)10-15(18)11-20)13-4-6-16(7-5-13)22-19(24)14-2-3-14/h4-10,12,14,21H,2-3H2,1H3,(H,22,24). The lowest BCUT2D eigenvalue weighted by Crippen LogP contribution is -2.13. The Morgan fingerprint density at radius 3 is 2.54 bits per heavy atom. The highest BCUT2D eigenvalue weighted by Gasteiger charge is 2.29. The van der Waals surface area contributed by atoms with Crippen molar-refractivity contribution in [3.63, 3.8) is 0 Å². The number of carbonyl (C=O) groups excluding carboxylic acids is 1. The van der Waals surface area contributed by atoms with Crippen LogP contribution in [0.4, 0.5) is 17.1 Å². The van der Waals surface area contributed by atoms with E-state index in [-0.39, 0.29) is 29.1 Å². The molecule has 1 unspecified atom stereocenters. The summed E-state index contributed by atoms with van der Waals surface area (Å²) in [5.74, 6) is 0.218. The van der Waals surface area contributed by atoms with Gasteiger partial charge in [0.1, 0.15) is 6.07 Å². The first-order valence-electron chi connectivity index (χ1n) is 8.34. The molecule has 0 bridgehead atoms. The van der Waals surface area contributed by atoms with Gasteiger partial charge in [0.15, 0.2) is 0 Å². The van der Waals surface area contributed by atoms with E-state index in [1.165, 1.54) is 18.2 Å². The quantitative estimate of drug-likeness (QED) is 0.605. The lowest BCUT2D eigenvalue weighted by atomic mass is 10.1. The van der Waals surface area contributed by atoms with Gasteiger partial charge in [-0.2, -0.15) is 5.26 Å². The van der Waals surface area contributed by atoms with Gasteiger partial charge in [-0.3, -0.25) is 14.9 Å². The number of nitro groups is 1. The van der Waals surface area contributed by atoms with Crippen molar-refractivity contribution in [2.45, 2.75) is 25.8 Å². The molecule has 1 amide bonds. The van der Waals surface area contributed by atoms with Crippen molar-refractivity contribution in [1.82, 2.24) is 0 Å². The maximum Gasteiger partial charge on any atom is 0.270 e. The van der Waals surface area contributed by atoms with Crippen molar-refractivity contribution in [1.29, 1.82) is 5.26 Å². The number of non-ortho nitro benzene ring substituents is 1. The number of anilines is 2. The molecule has 0 aliphatic heterocycles. The van der Waals surface area contributed by atoms with Gasteiger partial charge in [-0.25, -0.2) is 0 Å².